The van der Waals surface area contributed by atoms with Crippen LogP contribution in [0.4, 0.5) is 0 Å². The third-order valence-corrected chi connectivity index (χ3v) is 5.55. The maximum absolute atomic E-state index is 12.4. The number of fused-ring (bicyclic) bond motifs is 1. The first-order valence-electron chi connectivity index (χ1n) is 8.92. The Bertz CT molecular complexity index is 963. The van der Waals surface area contributed by atoms with Crippen molar-refractivity contribution in [3.05, 3.63) is 47.7 Å². The first-order chi connectivity index (χ1) is 12.5. The normalized spacial score (nSPS) is 15.2. The van der Waals surface area contributed by atoms with Crippen molar-refractivity contribution in [1.29, 1.82) is 0 Å². The molecule has 1 unspecified atom stereocenters. The number of thioether (sulfide) groups is 1. The van der Waals surface area contributed by atoms with Crippen molar-refractivity contribution in [2.24, 2.45) is 0 Å². The highest BCUT2D eigenvalue weighted by Gasteiger charge is 2.27. The number of amides is 1. The number of aromatic nitrogens is 3. The lowest BCUT2D eigenvalue weighted by Crippen LogP contribution is -2.32. The predicted molar refractivity (Wildman–Crippen MR) is 104 cm³/mol. The summed E-state index contributed by atoms with van der Waals surface area (Å²) in [7, 11) is 0. The van der Waals surface area contributed by atoms with Gasteiger partial charge in [0.15, 0.2) is 5.16 Å². The number of carbonyl (C=O) groups is 1. The average Bonchev–Trinajstić information content (AvgIpc) is 3.36. The van der Waals surface area contributed by atoms with Crippen molar-refractivity contribution in [3.63, 3.8) is 0 Å². The molecule has 26 heavy (non-hydrogen) atoms. The van der Waals surface area contributed by atoms with Gasteiger partial charge in [-0.05, 0) is 45.2 Å². The number of hydrogen-bond acceptors (Lipinski definition) is 4. The smallest absolute Gasteiger partial charge is 0.233 e. The van der Waals surface area contributed by atoms with Gasteiger partial charge in [-0.15, -0.1) is 0 Å². The minimum Gasteiger partial charge on any atom is -0.352 e. The number of nitrogens with zero attached hydrogens (tertiary/aromatic N) is 3. The minimum atomic E-state index is -0.215. The van der Waals surface area contributed by atoms with Crippen molar-refractivity contribution in [3.8, 4) is 11.3 Å². The lowest BCUT2D eigenvalue weighted by atomic mass is 10.1. The second-order valence-corrected chi connectivity index (χ2v) is 8.19. The maximum Gasteiger partial charge on any atom is 0.233 e. The molecular weight excluding hydrogens is 344 g/mol. The SMILES string of the molecule is Cc1cc(C)c2c(-c3ccccc3)nc(SC(C)C(=O)NC3CC3)n2n1. The zero-order valence-electron chi connectivity index (χ0n) is 15.2. The van der Waals surface area contributed by atoms with Crippen molar-refractivity contribution in [2.75, 3.05) is 0 Å². The van der Waals surface area contributed by atoms with Crippen LogP contribution in [0.3, 0.4) is 0 Å². The summed E-state index contributed by atoms with van der Waals surface area (Å²) in [5, 5.41) is 8.27. The Balaban J connectivity index is 1.75. The molecule has 134 valence electrons. The van der Waals surface area contributed by atoms with E-state index in [1.807, 2.05) is 36.6 Å². The topological polar surface area (TPSA) is 59.3 Å². The van der Waals surface area contributed by atoms with Crippen LogP contribution in [0.5, 0.6) is 0 Å². The highest BCUT2D eigenvalue weighted by Crippen LogP contribution is 2.32. The summed E-state index contributed by atoms with van der Waals surface area (Å²) in [5.74, 6) is 0.0693. The van der Waals surface area contributed by atoms with E-state index in [0.29, 0.717) is 6.04 Å². The molecule has 1 atom stereocenters. The van der Waals surface area contributed by atoms with Gasteiger partial charge < -0.3 is 5.32 Å². The van der Waals surface area contributed by atoms with Crippen molar-refractivity contribution in [1.82, 2.24) is 19.9 Å². The second kappa shape index (κ2) is 6.76. The summed E-state index contributed by atoms with van der Waals surface area (Å²) < 4.78 is 1.89. The van der Waals surface area contributed by atoms with Crippen molar-refractivity contribution < 1.29 is 4.79 Å². The fourth-order valence-corrected chi connectivity index (χ4v) is 3.91. The highest BCUT2D eigenvalue weighted by atomic mass is 32.2. The Morgan fingerprint density at radius 2 is 2.00 bits per heavy atom. The van der Waals surface area contributed by atoms with Gasteiger partial charge in [0.25, 0.3) is 0 Å². The zero-order valence-corrected chi connectivity index (χ0v) is 16.0. The molecule has 1 aliphatic rings. The molecule has 6 heteroatoms. The van der Waals surface area contributed by atoms with E-state index in [2.05, 4.69) is 35.5 Å². The Hall–Kier alpha value is -2.34. The maximum atomic E-state index is 12.4. The van der Waals surface area contributed by atoms with Gasteiger partial charge in [-0.25, -0.2) is 9.50 Å². The van der Waals surface area contributed by atoms with Crippen molar-refractivity contribution >= 4 is 23.2 Å². The van der Waals surface area contributed by atoms with E-state index in [-0.39, 0.29) is 11.2 Å². The average molecular weight is 366 g/mol. The minimum absolute atomic E-state index is 0.0693. The first kappa shape index (κ1) is 17.1. The number of hydrogen-bond donors (Lipinski definition) is 1. The Morgan fingerprint density at radius 3 is 2.69 bits per heavy atom. The van der Waals surface area contributed by atoms with Crippen LogP contribution in [-0.4, -0.2) is 31.8 Å². The van der Waals surface area contributed by atoms with Crippen LogP contribution in [-0.2, 0) is 4.79 Å². The van der Waals surface area contributed by atoms with E-state index in [1.165, 1.54) is 11.8 Å². The zero-order chi connectivity index (χ0) is 18.3. The third kappa shape index (κ3) is 3.33. The summed E-state index contributed by atoms with van der Waals surface area (Å²) in [6.45, 7) is 5.98. The van der Waals surface area contributed by atoms with Crippen LogP contribution in [0.15, 0.2) is 41.6 Å². The summed E-state index contributed by atoms with van der Waals surface area (Å²) in [6, 6.07) is 12.6. The monoisotopic (exact) mass is 366 g/mol. The molecule has 1 aromatic carbocycles. The fraction of sp³-hybridized carbons (Fsp3) is 0.350. The van der Waals surface area contributed by atoms with E-state index < -0.39 is 0 Å². The Labute approximate surface area is 157 Å². The molecule has 2 aromatic heterocycles. The number of nitrogens with one attached hydrogen (secondary N) is 1. The summed E-state index contributed by atoms with van der Waals surface area (Å²) in [4.78, 5) is 17.2. The highest BCUT2D eigenvalue weighted by molar-refractivity contribution is 8.00. The van der Waals surface area contributed by atoms with Crippen LogP contribution in [0, 0.1) is 13.8 Å². The van der Waals surface area contributed by atoms with Crippen LogP contribution in [0.2, 0.25) is 0 Å². The first-order valence-corrected chi connectivity index (χ1v) is 9.80. The number of carbonyl (C=O) groups excluding carboxylic acids is 1. The fourth-order valence-electron chi connectivity index (χ4n) is 3.04. The van der Waals surface area contributed by atoms with Gasteiger partial charge in [-0.1, -0.05) is 42.1 Å². The molecular formula is C20H22N4OS. The Kier molecular flexibility index (Phi) is 4.44. The molecule has 3 aromatic rings. The predicted octanol–water partition coefficient (Wildman–Crippen LogP) is 3.77. The lowest BCUT2D eigenvalue weighted by Gasteiger charge is -2.10. The van der Waals surface area contributed by atoms with Crippen LogP contribution >= 0.6 is 11.8 Å². The van der Waals surface area contributed by atoms with Gasteiger partial charge in [-0.2, -0.15) is 5.10 Å². The molecule has 1 fully saturated rings. The third-order valence-electron chi connectivity index (χ3n) is 4.50. The van der Waals surface area contributed by atoms with E-state index in [0.717, 1.165) is 46.0 Å². The Morgan fingerprint density at radius 1 is 1.27 bits per heavy atom. The molecule has 0 radical (unpaired) electrons. The van der Waals surface area contributed by atoms with E-state index in [4.69, 9.17) is 4.98 Å². The van der Waals surface area contributed by atoms with E-state index in [1.54, 1.807) is 0 Å². The van der Waals surface area contributed by atoms with Crippen LogP contribution in [0.25, 0.3) is 16.8 Å². The van der Waals surface area contributed by atoms with Crippen LogP contribution in [0.1, 0.15) is 31.0 Å². The molecule has 2 heterocycles. The lowest BCUT2D eigenvalue weighted by molar-refractivity contribution is -0.120. The summed E-state index contributed by atoms with van der Waals surface area (Å²) in [6.07, 6.45) is 2.18. The molecule has 0 bridgehead atoms. The summed E-state index contributed by atoms with van der Waals surface area (Å²) >= 11 is 1.46. The molecule has 1 aliphatic carbocycles. The number of rotatable bonds is 5. The van der Waals surface area contributed by atoms with Crippen LogP contribution < -0.4 is 5.32 Å². The van der Waals surface area contributed by atoms with Gasteiger partial charge in [0.1, 0.15) is 0 Å². The summed E-state index contributed by atoms with van der Waals surface area (Å²) in [5.41, 5.74) is 5.03. The second-order valence-electron chi connectivity index (χ2n) is 6.88. The molecule has 5 nitrogen and oxygen atoms in total. The molecule has 0 aliphatic heterocycles. The van der Waals surface area contributed by atoms with Gasteiger partial charge in [0, 0.05) is 11.6 Å². The standard InChI is InChI=1S/C20H22N4OS/c1-12-11-13(2)23-24-18(12)17(15-7-5-4-6-8-15)22-20(24)26-14(3)19(25)21-16-9-10-16/h4-8,11,14,16H,9-10H2,1-3H3,(H,21,25). The van der Waals surface area contributed by atoms with E-state index in [9.17, 15) is 4.79 Å². The molecule has 1 amide bonds. The molecule has 0 spiro atoms. The van der Waals surface area contributed by atoms with Gasteiger partial charge >= 0.3 is 0 Å². The van der Waals surface area contributed by atoms with Gasteiger partial charge in [0.05, 0.1) is 22.2 Å². The van der Waals surface area contributed by atoms with Crippen molar-refractivity contribution in [2.45, 2.75) is 50.1 Å². The number of aryl methyl sites for hydroxylation is 2. The van der Waals surface area contributed by atoms with Gasteiger partial charge in [-0.3, -0.25) is 4.79 Å². The quantitative estimate of drug-likeness (QED) is 0.698. The largest absolute Gasteiger partial charge is 0.352 e. The number of benzene rings is 1. The molecule has 1 saturated carbocycles. The van der Waals surface area contributed by atoms with Gasteiger partial charge in [0.2, 0.25) is 5.91 Å². The molecule has 1 N–H and O–H groups in total. The number of imidazole rings is 1. The molecule has 0 saturated heterocycles. The molecule has 4 rings (SSSR count). The van der Waals surface area contributed by atoms with E-state index >= 15 is 0 Å².